The van der Waals surface area contributed by atoms with Crippen LogP contribution in [0.1, 0.15) is 54.2 Å². The molecule has 1 aromatic carbocycles. The summed E-state index contributed by atoms with van der Waals surface area (Å²) < 4.78 is 21.5. The summed E-state index contributed by atoms with van der Waals surface area (Å²) >= 11 is 0. The van der Waals surface area contributed by atoms with Gasteiger partial charge >= 0.3 is 0 Å². The number of carbonyl (C=O) groups is 2. The number of aromatic nitrogens is 3. The number of benzene rings is 1. The van der Waals surface area contributed by atoms with Crippen molar-refractivity contribution in [3.8, 4) is 17.0 Å². The maximum atomic E-state index is 15.5. The average Bonchev–Trinajstić information content (AvgIpc) is 3.75. The van der Waals surface area contributed by atoms with Gasteiger partial charge in [0.1, 0.15) is 29.1 Å². The Labute approximate surface area is 208 Å². The number of nitrogens with zero attached hydrogens (tertiary/aromatic N) is 3. The van der Waals surface area contributed by atoms with Gasteiger partial charge in [-0.05, 0) is 57.1 Å². The molecule has 188 valence electrons. The van der Waals surface area contributed by atoms with E-state index in [-0.39, 0.29) is 28.8 Å². The first-order chi connectivity index (χ1) is 17.3. The molecular weight excluding hydrogens is 461 g/mol. The summed E-state index contributed by atoms with van der Waals surface area (Å²) in [4.78, 5) is 39.3. The zero-order valence-electron chi connectivity index (χ0n) is 20.8. The molecule has 0 unspecified atom stereocenters. The van der Waals surface area contributed by atoms with Gasteiger partial charge in [-0.25, -0.2) is 14.4 Å². The summed E-state index contributed by atoms with van der Waals surface area (Å²) in [6.45, 7) is 6.82. The number of carbonyl (C=O) groups excluding carboxylic acids is 2. The number of fused-ring (bicyclic) bond motifs is 1. The van der Waals surface area contributed by atoms with Crippen LogP contribution in [0.5, 0.6) is 5.75 Å². The van der Waals surface area contributed by atoms with E-state index in [4.69, 9.17) is 4.74 Å². The molecule has 8 nitrogen and oxygen atoms in total. The van der Waals surface area contributed by atoms with E-state index in [1.807, 2.05) is 4.90 Å². The highest BCUT2D eigenvalue weighted by atomic mass is 19.1. The topological polar surface area (TPSA) is 100 Å². The highest BCUT2D eigenvalue weighted by Crippen LogP contribution is 2.53. The predicted octanol–water partition coefficient (Wildman–Crippen LogP) is 3.91. The van der Waals surface area contributed by atoms with Crippen LogP contribution in [-0.2, 0) is 4.79 Å². The van der Waals surface area contributed by atoms with Crippen LogP contribution in [0, 0.1) is 31.0 Å². The predicted molar refractivity (Wildman–Crippen MR) is 132 cm³/mol. The normalized spacial score (nSPS) is 20.2. The van der Waals surface area contributed by atoms with Crippen molar-refractivity contribution >= 4 is 22.8 Å². The Hall–Kier alpha value is -3.49. The van der Waals surface area contributed by atoms with E-state index >= 15 is 4.39 Å². The lowest BCUT2D eigenvalue weighted by Gasteiger charge is -2.18. The molecule has 2 aliphatic carbocycles. The van der Waals surface area contributed by atoms with E-state index in [2.05, 4.69) is 20.3 Å². The molecular formula is C27H30FN5O3. The highest BCUT2D eigenvalue weighted by molar-refractivity contribution is 6.09. The molecule has 3 aromatic rings. The lowest BCUT2D eigenvalue weighted by atomic mass is 10.00. The Balaban J connectivity index is 1.36. The van der Waals surface area contributed by atoms with Crippen molar-refractivity contribution < 1.29 is 18.7 Å². The fourth-order valence-electron chi connectivity index (χ4n) is 5.39. The van der Waals surface area contributed by atoms with Crippen molar-refractivity contribution in [2.75, 3.05) is 19.7 Å². The van der Waals surface area contributed by atoms with Gasteiger partial charge in [0.25, 0.3) is 5.91 Å². The molecule has 6 rings (SSSR count). The van der Waals surface area contributed by atoms with E-state index in [0.29, 0.717) is 64.9 Å². The number of amides is 2. The Morgan fingerprint density at radius 2 is 2.03 bits per heavy atom. The third-order valence-electron chi connectivity index (χ3n) is 7.99. The summed E-state index contributed by atoms with van der Waals surface area (Å²) in [6, 6.07) is 3.39. The molecule has 36 heavy (non-hydrogen) atoms. The number of hydrogen-bond acceptors (Lipinski definition) is 5. The molecule has 3 heterocycles. The summed E-state index contributed by atoms with van der Waals surface area (Å²) in [5.41, 5.74) is 3.10. The fourth-order valence-corrected chi connectivity index (χ4v) is 5.39. The Morgan fingerprint density at radius 1 is 1.25 bits per heavy atom. The van der Waals surface area contributed by atoms with Gasteiger partial charge in [-0.3, -0.25) is 9.59 Å². The molecule has 1 spiro atoms. The van der Waals surface area contributed by atoms with Crippen LogP contribution in [0.15, 0.2) is 18.5 Å². The SMILES string of the molecule is CC(=O)N1C[C@@H](NC(=O)c2c(C)[nH]c3c(-c4c(OCC5CC5)ccc(C)c4F)ncnc23)C2(CC2)C1. The van der Waals surface area contributed by atoms with Crippen molar-refractivity contribution in [1.82, 2.24) is 25.2 Å². The number of ether oxygens (including phenoxy) is 1. The van der Waals surface area contributed by atoms with Crippen LogP contribution in [-0.4, -0.2) is 57.4 Å². The van der Waals surface area contributed by atoms with Crippen LogP contribution >= 0.6 is 0 Å². The summed E-state index contributed by atoms with van der Waals surface area (Å²) in [5.74, 6) is 0.334. The lowest BCUT2D eigenvalue weighted by Crippen LogP contribution is -2.41. The first-order valence-corrected chi connectivity index (χ1v) is 12.6. The summed E-state index contributed by atoms with van der Waals surface area (Å²) in [6.07, 6.45) is 5.61. The first kappa shape index (κ1) is 22.9. The number of nitrogens with one attached hydrogen (secondary N) is 2. The molecule has 2 saturated carbocycles. The minimum Gasteiger partial charge on any atom is -0.492 e. The number of H-pyrrole nitrogens is 1. The monoisotopic (exact) mass is 491 g/mol. The molecule has 3 aliphatic rings. The maximum Gasteiger partial charge on any atom is 0.255 e. The van der Waals surface area contributed by atoms with Gasteiger partial charge in [0.05, 0.1) is 29.3 Å². The molecule has 9 heteroatoms. The largest absolute Gasteiger partial charge is 0.492 e. The molecule has 0 bridgehead atoms. The second-order valence-corrected chi connectivity index (χ2v) is 10.7. The van der Waals surface area contributed by atoms with Crippen LogP contribution in [0.25, 0.3) is 22.3 Å². The van der Waals surface area contributed by atoms with E-state index in [0.717, 1.165) is 25.7 Å². The number of likely N-dealkylation sites (tertiary alicyclic amines) is 1. The third-order valence-corrected chi connectivity index (χ3v) is 7.99. The van der Waals surface area contributed by atoms with Crippen molar-refractivity contribution in [2.24, 2.45) is 11.3 Å². The summed E-state index contributed by atoms with van der Waals surface area (Å²) in [5, 5.41) is 3.17. The molecule has 1 saturated heterocycles. The van der Waals surface area contributed by atoms with Gasteiger partial charge < -0.3 is 19.9 Å². The van der Waals surface area contributed by atoms with E-state index in [1.165, 1.54) is 6.33 Å². The molecule has 1 aliphatic heterocycles. The second-order valence-electron chi connectivity index (χ2n) is 10.7. The van der Waals surface area contributed by atoms with Gasteiger partial charge in [-0.15, -0.1) is 0 Å². The average molecular weight is 492 g/mol. The van der Waals surface area contributed by atoms with Crippen LogP contribution in [0.3, 0.4) is 0 Å². The van der Waals surface area contributed by atoms with Gasteiger partial charge in [-0.2, -0.15) is 0 Å². The zero-order valence-corrected chi connectivity index (χ0v) is 20.8. The lowest BCUT2D eigenvalue weighted by molar-refractivity contribution is -0.128. The number of halogens is 1. The first-order valence-electron chi connectivity index (χ1n) is 12.6. The molecule has 3 fully saturated rings. The standard InChI is InChI=1S/C27H30FN5O3/c1-14-4-7-18(36-11-17-5-6-17)21(22(14)28)24-25-23(29-13-30-24)20(15(2)31-25)26(35)32-19-10-33(16(3)34)12-27(19)8-9-27/h4,7,13,17,19,31H,5-6,8-12H2,1-3H3,(H,32,35)/t19-/m1/s1. The van der Waals surface area contributed by atoms with Crippen molar-refractivity contribution in [2.45, 2.75) is 52.5 Å². The van der Waals surface area contributed by atoms with Crippen LogP contribution < -0.4 is 10.1 Å². The zero-order chi connectivity index (χ0) is 25.2. The Morgan fingerprint density at radius 3 is 2.72 bits per heavy atom. The Kier molecular flexibility index (Phi) is 5.28. The van der Waals surface area contributed by atoms with Crippen molar-refractivity contribution in [1.29, 1.82) is 0 Å². The highest BCUT2D eigenvalue weighted by Gasteiger charge is 2.56. The number of hydrogen-bond donors (Lipinski definition) is 2. The minimum absolute atomic E-state index is 0.0265. The van der Waals surface area contributed by atoms with Crippen molar-refractivity contribution in [3.05, 3.63) is 41.1 Å². The van der Waals surface area contributed by atoms with E-state index in [1.54, 1.807) is 32.9 Å². The quantitative estimate of drug-likeness (QED) is 0.545. The minimum atomic E-state index is -0.396. The number of rotatable bonds is 6. The molecule has 2 amide bonds. The van der Waals surface area contributed by atoms with Gasteiger partial charge in [-0.1, -0.05) is 6.07 Å². The van der Waals surface area contributed by atoms with Crippen LogP contribution in [0.2, 0.25) is 0 Å². The van der Waals surface area contributed by atoms with E-state index in [9.17, 15) is 9.59 Å². The van der Waals surface area contributed by atoms with Crippen LogP contribution in [0.4, 0.5) is 4.39 Å². The van der Waals surface area contributed by atoms with E-state index < -0.39 is 5.82 Å². The number of aromatic amines is 1. The summed E-state index contributed by atoms with van der Waals surface area (Å²) in [7, 11) is 0. The molecule has 2 aromatic heterocycles. The van der Waals surface area contributed by atoms with Gasteiger partial charge in [0.15, 0.2) is 0 Å². The third kappa shape index (κ3) is 3.81. The fraction of sp³-hybridized carbons (Fsp3) is 0.481. The van der Waals surface area contributed by atoms with Crippen molar-refractivity contribution in [3.63, 3.8) is 0 Å². The maximum absolute atomic E-state index is 15.5. The van der Waals surface area contributed by atoms with Gasteiger partial charge in [0.2, 0.25) is 5.91 Å². The van der Waals surface area contributed by atoms with Gasteiger partial charge in [0, 0.05) is 31.1 Å². The molecule has 0 radical (unpaired) electrons. The number of aryl methyl sites for hydroxylation is 2. The molecule has 1 atom stereocenters. The Bertz CT molecular complexity index is 1390. The smallest absolute Gasteiger partial charge is 0.255 e. The molecule has 2 N–H and O–H groups in total. The second kappa shape index (κ2) is 8.28.